The van der Waals surface area contributed by atoms with Gasteiger partial charge in [0, 0.05) is 19.7 Å². The van der Waals surface area contributed by atoms with Crippen molar-refractivity contribution in [3.05, 3.63) is 23.8 Å². The molecule has 0 unspecified atom stereocenters. The molecule has 1 aliphatic rings. The molecule has 0 aromatic heterocycles. The fraction of sp³-hybridized carbons (Fsp3) is 0.611. The largest absolute Gasteiger partial charge is 0.493 e. The van der Waals surface area contributed by atoms with Crippen LogP contribution in [0.2, 0.25) is 0 Å². The minimum Gasteiger partial charge on any atom is -0.493 e. The number of amides is 1. The van der Waals surface area contributed by atoms with E-state index in [4.69, 9.17) is 14.2 Å². The molecule has 1 amide bonds. The molecular formula is C18H27NO4. The average Bonchev–Trinajstić information content (AvgIpc) is 2.60. The van der Waals surface area contributed by atoms with Crippen LogP contribution in [0.5, 0.6) is 11.5 Å². The predicted molar refractivity (Wildman–Crippen MR) is 89.1 cm³/mol. The predicted octanol–water partition coefficient (Wildman–Crippen LogP) is 2.66. The van der Waals surface area contributed by atoms with Crippen LogP contribution in [0.25, 0.3) is 0 Å². The summed E-state index contributed by atoms with van der Waals surface area (Å²) in [4.78, 5) is 14.2. The summed E-state index contributed by atoms with van der Waals surface area (Å²) in [5.74, 6) is 1.59. The van der Waals surface area contributed by atoms with Crippen molar-refractivity contribution < 1.29 is 19.0 Å². The van der Waals surface area contributed by atoms with Crippen LogP contribution >= 0.6 is 0 Å². The highest BCUT2D eigenvalue weighted by molar-refractivity contribution is 5.77. The lowest BCUT2D eigenvalue weighted by atomic mass is 9.95. The van der Waals surface area contributed by atoms with Crippen LogP contribution in [0.3, 0.4) is 0 Å². The molecule has 5 heteroatoms. The minimum absolute atomic E-state index is 0.101. The van der Waals surface area contributed by atoms with Crippen molar-refractivity contribution in [2.24, 2.45) is 0 Å². The van der Waals surface area contributed by atoms with Crippen LogP contribution in [0.4, 0.5) is 0 Å². The van der Waals surface area contributed by atoms with Crippen LogP contribution in [0, 0.1) is 0 Å². The third kappa shape index (κ3) is 4.61. The van der Waals surface area contributed by atoms with Crippen molar-refractivity contribution >= 4 is 5.91 Å². The lowest BCUT2D eigenvalue weighted by molar-refractivity contribution is -0.139. The molecule has 23 heavy (non-hydrogen) atoms. The van der Waals surface area contributed by atoms with Crippen molar-refractivity contribution in [1.82, 2.24) is 4.90 Å². The van der Waals surface area contributed by atoms with E-state index < -0.39 is 0 Å². The third-order valence-corrected chi connectivity index (χ3v) is 4.43. The first-order valence-electron chi connectivity index (χ1n) is 8.19. The summed E-state index contributed by atoms with van der Waals surface area (Å²) < 4.78 is 15.6. The van der Waals surface area contributed by atoms with Crippen molar-refractivity contribution in [1.29, 1.82) is 0 Å². The quantitative estimate of drug-likeness (QED) is 0.775. The summed E-state index contributed by atoms with van der Waals surface area (Å²) in [6, 6.07) is 6.32. The molecule has 128 valence electrons. The zero-order chi connectivity index (χ0) is 16.7. The van der Waals surface area contributed by atoms with E-state index in [1.165, 1.54) is 12.0 Å². The lowest BCUT2D eigenvalue weighted by Crippen LogP contribution is -2.45. The minimum atomic E-state index is 0.101. The van der Waals surface area contributed by atoms with Crippen molar-refractivity contribution in [3.8, 4) is 11.5 Å². The number of benzene rings is 1. The van der Waals surface area contributed by atoms with Gasteiger partial charge in [0.05, 0.1) is 14.2 Å². The van der Waals surface area contributed by atoms with Gasteiger partial charge in [0.15, 0.2) is 11.5 Å². The highest BCUT2D eigenvalue weighted by Crippen LogP contribution is 2.29. The number of aryl methyl sites for hydroxylation is 1. The maximum absolute atomic E-state index is 12.2. The van der Waals surface area contributed by atoms with Gasteiger partial charge in [-0.3, -0.25) is 4.79 Å². The van der Waals surface area contributed by atoms with Crippen molar-refractivity contribution in [3.63, 3.8) is 0 Å². The summed E-state index contributed by atoms with van der Waals surface area (Å²) >= 11 is 0. The summed E-state index contributed by atoms with van der Waals surface area (Å²) in [5.41, 5.74) is 1.20. The SMILES string of the molecule is COCC(=O)N1CCCC[C@H]1CCc1ccc(OC)c(OC)c1. The number of hydrogen-bond acceptors (Lipinski definition) is 4. The van der Waals surface area contributed by atoms with Gasteiger partial charge in [0.1, 0.15) is 6.61 Å². The van der Waals surface area contributed by atoms with Gasteiger partial charge in [-0.05, 0) is 49.8 Å². The maximum Gasteiger partial charge on any atom is 0.248 e. The van der Waals surface area contributed by atoms with Crippen LogP contribution < -0.4 is 9.47 Å². The van der Waals surface area contributed by atoms with Gasteiger partial charge < -0.3 is 19.1 Å². The molecule has 0 spiro atoms. The van der Waals surface area contributed by atoms with E-state index in [-0.39, 0.29) is 12.5 Å². The van der Waals surface area contributed by atoms with Crippen LogP contribution in [-0.4, -0.2) is 51.3 Å². The van der Waals surface area contributed by atoms with Gasteiger partial charge >= 0.3 is 0 Å². The summed E-state index contributed by atoms with van der Waals surface area (Å²) in [7, 11) is 4.85. The normalized spacial score (nSPS) is 17.9. The first kappa shape index (κ1) is 17.6. The van der Waals surface area contributed by atoms with Gasteiger partial charge in [-0.15, -0.1) is 0 Å². The fourth-order valence-electron chi connectivity index (χ4n) is 3.20. The topological polar surface area (TPSA) is 48.0 Å². The Kier molecular flexibility index (Phi) is 6.71. The lowest BCUT2D eigenvalue weighted by Gasteiger charge is -2.36. The highest BCUT2D eigenvalue weighted by Gasteiger charge is 2.26. The zero-order valence-corrected chi connectivity index (χ0v) is 14.3. The molecule has 1 aromatic rings. The number of rotatable bonds is 7. The Morgan fingerprint density at radius 2 is 1.96 bits per heavy atom. The zero-order valence-electron chi connectivity index (χ0n) is 14.3. The molecule has 0 N–H and O–H groups in total. The van der Waals surface area contributed by atoms with Crippen LogP contribution in [0.15, 0.2) is 18.2 Å². The highest BCUT2D eigenvalue weighted by atomic mass is 16.5. The van der Waals surface area contributed by atoms with E-state index in [0.29, 0.717) is 6.04 Å². The van der Waals surface area contributed by atoms with Gasteiger partial charge in [0.2, 0.25) is 5.91 Å². The standard InChI is InChI=1S/C18H27NO4/c1-21-13-18(20)19-11-5-4-6-15(19)9-7-14-8-10-16(22-2)17(12-14)23-3/h8,10,12,15H,4-7,9,11,13H2,1-3H3/t15-/m0/s1. The van der Waals surface area contributed by atoms with Gasteiger partial charge in [-0.1, -0.05) is 6.07 Å². The molecule has 0 aliphatic carbocycles. The Balaban J connectivity index is 1.99. The van der Waals surface area contributed by atoms with E-state index in [2.05, 4.69) is 6.07 Å². The third-order valence-electron chi connectivity index (χ3n) is 4.43. The molecule has 1 saturated heterocycles. The first-order valence-corrected chi connectivity index (χ1v) is 8.19. The molecule has 1 atom stereocenters. The number of likely N-dealkylation sites (tertiary alicyclic amines) is 1. The van der Waals surface area contributed by atoms with Gasteiger partial charge in [-0.2, -0.15) is 0 Å². The summed E-state index contributed by atoms with van der Waals surface area (Å²) in [5, 5.41) is 0. The maximum atomic E-state index is 12.2. The van der Waals surface area contributed by atoms with Crippen molar-refractivity contribution in [2.45, 2.75) is 38.1 Å². The number of carbonyl (C=O) groups is 1. The second-order valence-corrected chi connectivity index (χ2v) is 5.90. The number of piperidine rings is 1. The molecular weight excluding hydrogens is 294 g/mol. The second-order valence-electron chi connectivity index (χ2n) is 5.90. The monoisotopic (exact) mass is 321 g/mol. The molecule has 5 nitrogen and oxygen atoms in total. The number of methoxy groups -OCH3 is 3. The Labute approximate surface area is 138 Å². The van der Waals surface area contributed by atoms with Crippen molar-refractivity contribution in [2.75, 3.05) is 34.5 Å². The molecule has 0 radical (unpaired) electrons. The molecule has 0 saturated carbocycles. The molecule has 1 aromatic carbocycles. The van der Waals surface area contributed by atoms with Crippen LogP contribution in [0.1, 0.15) is 31.2 Å². The van der Waals surface area contributed by atoms with E-state index in [1.807, 2.05) is 17.0 Å². The van der Waals surface area contributed by atoms with Crippen LogP contribution in [-0.2, 0) is 16.0 Å². The number of carbonyl (C=O) groups excluding carboxylic acids is 1. The fourth-order valence-corrected chi connectivity index (χ4v) is 3.20. The smallest absolute Gasteiger partial charge is 0.248 e. The van der Waals surface area contributed by atoms with Gasteiger partial charge in [0.25, 0.3) is 0 Å². The Hall–Kier alpha value is -1.75. The first-order chi connectivity index (χ1) is 11.2. The number of hydrogen-bond donors (Lipinski definition) is 0. The van der Waals surface area contributed by atoms with Gasteiger partial charge in [-0.25, -0.2) is 0 Å². The molecule has 1 aliphatic heterocycles. The Bertz CT molecular complexity index is 518. The Morgan fingerprint density at radius 3 is 2.65 bits per heavy atom. The average molecular weight is 321 g/mol. The molecule has 0 bridgehead atoms. The molecule has 1 heterocycles. The van der Waals surface area contributed by atoms with E-state index >= 15 is 0 Å². The molecule has 1 fully saturated rings. The number of nitrogens with zero attached hydrogens (tertiary/aromatic N) is 1. The molecule has 2 rings (SSSR count). The number of ether oxygens (including phenoxy) is 3. The summed E-state index contributed by atoms with van der Waals surface area (Å²) in [6.07, 6.45) is 5.23. The second kappa shape index (κ2) is 8.77. The van der Waals surface area contributed by atoms with E-state index in [9.17, 15) is 4.79 Å². The Morgan fingerprint density at radius 1 is 1.17 bits per heavy atom. The van der Waals surface area contributed by atoms with E-state index in [1.54, 1.807) is 21.3 Å². The summed E-state index contributed by atoms with van der Waals surface area (Å²) in [6.45, 7) is 1.02. The van der Waals surface area contributed by atoms with E-state index in [0.717, 1.165) is 43.7 Å².